The number of fused-ring (bicyclic) bond motifs is 1. The molecule has 0 saturated carbocycles. The average molecular weight is 486 g/mol. The summed E-state index contributed by atoms with van der Waals surface area (Å²) in [5.41, 5.74) is -5.74. The molecule has 2 heterocycles. The molecule has 10 nitrogen and oxygen atoms in total. The lowest BCUT2D eigenvalue weighted by atomic mass is 10.1. The fraction of sp³-hybridized carbons (Fsp3) is 1.00. The van der Waals surface area contributed by atoms with E-state index in [9.17, 15) is 26.2 Å². The van der Waals surface area contributed by atoms with Crippen LogP contribution in [0.5, 0.6) is 0 Å². The van der Waals surface area contributed by atoms with Gasteiger partial charge in [-0.3, -0.25) is 4.57 Å². The van der Waals surface area contributed by atoms with E-state index in [2.05, 4.69) is 4.18 Å². The zero-order valence-corrected chi connectivity index (χ0v) is 18.8. The van der Waals surface area contributed by atoms with Crippen LogP contribution in [0.4, 0.5) is 13.2 Å². The van der Waals surface area contributed by atoms with Gasteiger partial charge in [0.1, 0.15) is 12.2 Å². The molecule has 2 aliphatic rings. The van der Waals surface area contributed by atoms with Gasteiger partial charge in [-0.15, -0.1) is 0 Å². The Kier molecular flexibility index (Phi) is 8.03. The number of hydrogen-bond donors (Lipinski definition) is 0. The third-order valence-electron chi connectivity index (χ3n) is 4.27. The van der Waals surface area contributed by atoms with Crippen molar-refractivity contribution in [1.82, 2.24) is 0 Å². The molecule has 0 aromatic heterocycles. The fourth-order valence-electron chi connectivity index (χ4n) is 3.21. The zero-order valence-electron chi connectivity index (χ0n) is 17.1. The van der Waals surface area contributed by atoms with Crippen LogP contribution in [0.3, 0.4) is 0 Å². The fourth-order valence-corrected chi connectivity index (χ4v) is 6.04. The van der Waals surface area contributed by atoms with E-state index in [-0.39, 0.29) is 13.2 Å². The van der Waals surface area contributed by atoms with Gasteiger partial charge in [-0.1, -0.05) is 0 Å². The minimum Gasteiger partial charge on any atom is -0.353 e. The molecular formula is C15H26F3O10PS. The number of hydrogen-bond acceptors (Lipinski definition) is 10. The maximum absolute atomic E-state index is 13.1. The molecule has 0 aliphatic carbocycles. The molecule has 0 spiro atoms. The molecule has 0 amide bonds. The number of halogens is 3. The van der Waals surface area contributed by atoms with Crippen molar-refractivity contribution in [3.63, 3.8) is 0 Å². The second-order valence-electron chi connectivity index (χ2n) is 6.91. The summed E-state index contributed by atoms with van der Waals surface area (Å²) in [4.78, 5) is 0. The first-order chi connectivity index (χ1) is 13.7. The molecule has 0 aromatic rings. The smallest absolute Gasteiger partial charge is 0.353 e. The molecule has 0 N–H and O–H groups in total. The van der Waals surface area contributed by atoms with E-state index in [4.69, 9.17) is 28.0 Å². The predicted octanol–water partition coefficient (Wildman–Crippen LogP) is 2.73. The summed E-state index contributed by atoms with van der Waals surface area (Å²) in [6, 6.07) is 0. The molecule has 2 aliphatic heterocycles. The maximum atomic E-state index is 13.1. The summed E-state index contributed by atoms with van der Waals surface area (Å²) < 4.78 is 112. The first-order valence-corrected chi connectivity index (χ1v) is 12.1. The molecule has 3 unspecified atom stereocenters. The highest BCUT2D eigenvalue weighted by molar-refractivity contribution is 7.87. The molecule has 2 fully saturated rings. The van der Waals surface area contributed by atoms with Crippen molar-refractivity contribution >= 4 is 17.7 Å². The van der Waals surface area contributed by atoms with E-state index in [1.54, 1.807) is 13.8 Å². The molecule has 178 valence electrons. The minimum atomic E-state index is -6.11. The lowest BCUT2D eigenvalue weighted by Gasteiger charge is -2.29. The van der Waals surface area contributed by atoms with E-state index in [1.807, 2.05) is 0 Å². The van der Waals surface area contributed by atoms with Gasteiger partial charge in [-0.25, -0.2) is 4.18 Å². The van der Waals surface area contributed by atoms with Gasteiger partial charge in [0.25, 0.3) is 0 Å². The van der Waals surface area contributed by atoms with Crippen molar-refractivity contribution in [2.24, 2.45) is 0 Å². The normalized spacial score (nSPS) is 30.4. The van der Waals surface area contributed by atoms with Crippen LogP contribution in [0.15, 0.2) is 0 Å². The molecule has 0 radical (unpaired) electrons. The van der Waals surface area contributed by atoms with Gasteiger partial charge in [0.2, 0.25) is 0 Å². The van der Waals surface area contributed by atoms with Crippen molar-refractivity contribution in [1.29, 1.82) is 0 Å². The highest BCUT2D eigenvalue weighted by Gasteiger charge is 2.58. The lowest BCUT2D eigenvalue weighted by Crippen LogP contribution is -2.36. The van der Waals surface area contributed by atoms with Gasteiger partial charge in [-0.2, -0.15) is 21.6 Å². The van der Waals surface area contributed by atoms with Crippen molar-refractivity contribution in [3.8, 4) is 0 Å². The zero-order chi connectivity index (χ0) is 23.0. The summed E-state index contributed by atoms with van der Waals surface area (Å²) in [5.74, 6) is -3.19. The monoisotopic (exact) mass is 486 g/mol. The topological polar surface area (TPSA) is 116 Å². The minimum absolute atomic E-state index is 0.228. The standard InChI is InChI=1S/C15H26F3O10PS/c1-6-23-29(19,24-7-2)10(28-30(20,21)15(16,17)18)8-9-11-12(13(22-5)25-9)27-14(3,4)26-11/h9-13H,6-8H2,1-5H3/t9-,10?,11?,12?,13-/m1/s1. The van der Waals surface area contributed by atoms with Crippen LogP contribution in [-0.4, -0.2) is 70.5 Å². The van der Waals surface area contributed by atoms with Crippen LogP contribution in [0.2, 0.25) is 0 Å². The highest BCUT2D eigenvalue weighted by atomic mass is 32.2. The Labute approximate surface area is 172 Å². The van der Waals surface area contributed by atoms with E-state index in [1.165, 1.54) is 21.0 Å². The SMILES string of the molecule is CCOP(=O)(OCC)C(C[C@H]1O[C@@H](OC)C2OC(C)(C)OC21)OS(=O)(=O)C(F)(F)F. The molecule has 0 aromatic carbocycles. The van der Waals surface area contributed by atoms with E-state index in [0.29, 0.717) is 0 Å². The summed E-state index contributed by atoms with van der Waals surface area (Å²) in [6.45, 7) is 5.61. The van der Waals surface area contributed by atoms with Crippen LogP contribution >= 0.6 is 7.60 Å². The van der Waals surface area contributed by atoms with E-state index >= 15 is 0 Å². The molecule has 30 heavy (non-hydrogen) atoms. The number of alkyl halides is 3. The van der Waals surface area contributed by atoms with Crippen LogP contribution < -0.4 is 0 Å². The molecule has 2 saturated heterocycles. The van der Waals surface area contributed by atoms with Crippen LogP contribution in [0.1, 0.15) is 34.1 Å². The molecular weight excluding hydrogens is 460 g/mol. The Balaban J connectivity index is 2.36. The first-order valence-electron chi connectivity index (χ1n) is 9.12. The van der Waals surface area contributed by atoms with Gasteiger partial charge in [-0.05, 0) is 27.7 Å². The van der Waals surface area contributed by atoms with E-state index in [0.717, 1.165) is 0 Å². The Morgan fingerprint density at radius 1 is 1.10 bits per heavy atom. The van der Waals surface area contributed by atoms with Crippen molar-refractivity contribution in [3.05, 3.63) is 0 Å². The number of rotatable bonds is 10. The summed E-state index contributed by atoms with van der Waals surface area (Å²) in [7, 11) is -9.25. The Morgan fingerprint density at radius 2 is 1.63 bits per heavy atom. The van der Waals surface area contributed by atoms with Crippen molar-refractivity contribution in [2.45, 2.75) is 75.9 Å². The quantitative estimate of drug-likeness (QED) is 0.259. The first kappa shape index (κ1) is 25.9. The lowest BCUT2D eigenvalue weighted by molar-refractivity contribution is -0.228. The second kappa shape index (κ2) is 9.28. The Morgan fingerprint density at radius 3 is 2.10 bits per heavy atom. The predicted molar refractivity (Wildman–Crippen MR) is 94.8 cm³/mol. The van der Waals surface area contributed by atoms with Crippen LogP contribution in [0.25, 0.3) is 0 Å². The summed E-state index contributed by atoms with van der Waals surface area (Å²) >= 11 is 0. The Bertz CT molecular complexity index is 733. The molecule has 0 bridgehead atoms. The van der Waals surface area contributed by atoms with Gasteiger partial charge >= 0.3 is 23.2 Å². The third-order valence-corrected chi connectivity index (χ3v) is 7.72. The van der Waals surface area contributed by atoms with Gasteiger partial charge < -0.3 is 28.0 Å². The molecule has 5 atom stereocenters. The molecule has 15 heteroatoms. The number of methoxy groups -OCH3 is 1. The van der Waals surface area contributed by atoms with Crippen LogP contribution in [-0.2, 0) is 46.9 Å². The van der Waals surface area contributed by atoms with E-state index < -0.39 is 65.9 Å². The average Bonchev–Trinajstić information content (AvgIpc) is 3.07. The highest BCUT2D eigenvalue weighted by Crippen LogP contribution is 2.57. The largest absolute Gasteiger partial charge is 0.523 e. The summed E-state index contributed by atoms with van der Waals surface area (Å²) in [5, 5.41) is 0. The Hall–Kier alpha value is -0.310. The summed E-state index contributed by atoms with van der Waals surface area (Å²) in [6.07, 6.45) is -4.23. The molecule has 2 rings (SSSR count). The van der Waals surface area contributed by atoms with Gasteiger partial charge in [0.15, 0.2) is 17.9 Å². The van der Waals surface area contributed by atoms with Crippen molar-refractivity contribution in [2.75, 3.05) is 20.3 Å². The van der Waals surface area contributed by atoms with Crippen molar-refractivity contribution < 1.29 is 58.3 Å². The van der Waals surface area contributed by atoms with Crippen LogP contribution in [0, 0.1) is 0 Å². The van der Waals surface area contributed by atoms with Gasteiger partial charge in [0.05, 0.1) is 19.3 Å². The van der Waals surface area contributed by atoms with Gasteiger partial charge in [0, 0.05) is 13.5 Å². The maximum Gasteiger partial charge on any atom is 0.523 e. The second-order valence-corrected chi connectivity index (χ2v) is 10.6. The number of ether oxygens (including phenoxy) is 4. The third kappa shape index (κ3) is 5.54.